The molecular formula is C16H13Br2NSSe. The molecule has 1 aliphatic heterocycles. The van der Waals surface area contributed by atoms with E-state index in [0.29, 0.717) is 0 Å². The van der Waals surface area contributed by atoms with E-state index in [-0.39, 0.29) is 0 Å². The molecule has 108 valence electrons. The monoisotopic (exact) mass is 489 g/mol. The molecule has 0 fully saturated rings. The molecule has 0 saturated heterocycles. The quantitative estimate of drug-likeness (QED) is 0.406. The van der Waals surface area contributed by atoms with Crippen LogP contribution in [0.1, 0.15) is 11.1 Å². The number of thioether (sulfide) groups is 1. The number of hydrogen-bond donors (Lipinski definition) is 0. The van der Waals surface area contributed by atoms with Crippen molar-refractivity contribution >= 4 is 59.5 Å². The van der Waals surface area contributed by atoms with Crippen molar-refractivity contribution in [1.82, 2.24) is 0 Å². The summed E-state index contributed by atoms with van der Waals surface area (Å²) in [6.07, 6.45) is 2.09. The van der Waals surface area contributed by atoms with Crippen LogP contribution in [0.15, 0.2) is 69.5 Å². The average molecular weight is 490 g/mol. The normalized spacial score (nSPS) is 18.0. The van der Waals surface area contributed by atoms with Crippen LogP contribution in [0.25, 0.3) is 5.70 Å². The summed E-state index contributed by atoms with van der Waals surface area (Å²) in [7, 11) is -2.17. The second kappa shape index (κ2) is 6.43. The van der Waals surface area contributed by atoms with E-state index in [1.165, 1.54) is 10.5 Å². The molecule has 0 spiro atoms. The van der Waals surface area contributed by atoms with Crippen molar-refractivity contribution in [3.63, 3.8) is 0 Å². The first kappa shape index (κ1) is 15.6. The third-order valence-corrected chi connectivity index (χ3v) is 11.9. The number of aliphatic imine (C=N–C) groups is 1. The van der Waals surface area contributed by atoms with Crippen LogP contribution in [-0.4, -0.2) is 20.1 Å². The minimum atomic E-state index is -2.17. The Morgan fingerprint density at radius 2 is 1.57 bits per heavy atom. The summed E-state index contributed by atoms with van der Waals surface area (Å²) in [4.78, 5) is 8.41. The van der Waals surface area contributed by atoms with Gasteiger partial charge in [-0.05, 0) is 0 Å². The van der Waals surface area contributed by atoms with Gasteiger partial charge < -0.3 is 0 Å². The second-order valence-corrected chi connectivity index (χ2v) is 24.0. The van der Waals surface area contributed by atoms with Crippen LogP contribution in [0.2, 0.25) is 0 Å². The topological polar surface area (TPSA) is 12.4 Å². The van der Waals surface area contributed by atoms with Gasteiger partial charge in [0.2, 0.25) is 0 Å². The van der Waals surface area contributed by atoms with Crippen LogP contribution in [0.5, 0.6) is 0 Å². The fraction of sp³-hybridized carbons (Fsp3) is 0.0625. The Hall–Kier alpha value is -0.321. The second-order valence-electron chi connectivity index (χ2n) is 4.52. The fourth-order valence-electron chi connectivity index (χ4n) is 2.09. The zero-order valence-electron chi connectivity index (χ0n) is 11.3. The summed E-state index contributed by atoms with van der Waals surface area (Å²) < 4.78 is 1.14. The number of halogens is 2. The van der Waals surface area contributed by atoms with Crippen LogP contribution in [0, 0.1) is 0 Å². The van der Waals surface area contributed by atoms with Gasteiger partial charge in [0.15, 0.2) is 0 Å². The Morgan fingerprint density at radius 1 is 0.905 bits per heavy atom. The molecule has 0 bridgehead atoms. The number of nitrogens with zero attached hydrogens (tertiary/aromatic N) is 1. The maximum atomic E-state index is 4.88. The zero-order valence-corrected chi connectivity index (χ0v) is 17.0. The molecule has 21 heavy (non-hydrogen) atoms. The number of benzene rings is 2. The molecule has 0 saturated carbocycles. The van der Waals surface area contributed by atoms with Gasteiger partial charge >= 0.3 is 146 Å². The molecule has 0 aromatic heterocycles. The Bertz CT molecular complexity index is 709. The molecule has 2 aromatic carbocycles. The van der Waals surface area contributed by atoms with E-state index >= 15 is 0 Å². The molecule has 5 heteroatoms. The van der Waals surface area contributed by atoms with Gasteiger partial charge in [-0.2, -0.15) is 0 Å². The summed E-state index contributed by atoms with van der Waals surface area (Å²) in [6.45, 7) is 0. The predicted octanol–water partition coefficient (Wildman–Crippen LogP) is 5.56. The molecule has 3 rings (SSSR count). The van der Waals surface area contributed by atoms with Crippen molar-refractivity contribution < 1.29 is 0 Å². The van der Waals surface area contributed by atoms with Gasteiger partial charge in [-0.3, -0.25) is 0 Å². The zero-order chi connectivity index (χ0) is 14.9. The Kier molecular flexibility index (Phi) is 4.77. The van der Waals surface area contributed by atoms with Crippen molar-refractivity contribution in [3.8, 4) is 0 Å². The van der Waals surface area contributed by atoms with Gasteiger partial charge in [-0.25, -0.2) is 0 Å². The van der Waals surface area contributed by atoms with Crippen molar-refractivity contribution in [2.75, 3.05) is 6.26 Å². The molecule has 2 aromatic rings. The molecule has 0 atom stereocenters. The van der Waals surface area contributed by atoms with Gasteiger partial charge in [-0.15, -0.1) is 0 Å². The first-order valence-electron chi connectivity index (χ1n) is 6.33. The van der Waals surface area contributed by atoms with Gasteiger partial charge in [0.25, 0.3) is 0 Å². The average Bonchev–Trinajstić information content (AvgIpc) is 2.84. The summed E-state index contributed by atoms with van der Waals surface area (Å²) in [6, 6.07) is 18.9. The Morgan fingerprint density at radius 3 is 2.19 bits per heavy atom. The minimum absolute atomic E-state index is 1.05. The summed E-state index contributed by atoms with van der Waals surface area (Å²) in [5, 5.41) is 0. The third-order valence-electron chi connectivity index (χ3n) is 3.15. The molecular weight excluding hydrogens is 477 g/mol. The van der Waals surface area contributed by atoms with Crippen LogP contribution in [0.4, 0.5) is 0 Å². The summed E-state index contributed by atoms with van der Waals surface area (Å²) in [5.74, 6) is 0. The molecule has 0 unspecified atom stereocenters. The molecule has 1 heterocycles. The standard InChI is InChI=1S/C16H13Br2NSSe/c1-20-14-9-7-13(8-10-14)16-19-15(11-21(16,17)18)12-5-3-2-4-6-12/h2-11H,1H3. The van der Waals surface area contributed by atoms with Gasteiger partial charge in [0, 0.05) is 0 Å². The summed E-state index contributed by atoms with van der Waals surface area (Å²) in [5.41, 5.74) is 3.39. The van der Waals surface area contributed by atoms with Crippen LogP contribution < -0.4 is 0 Å². The predicted molar refractivity (Wildman–Crippen MR) is 103 cm³/mol. The third kappa shape index (κ3) is 3.38. The van der Waals surface area contributed by atoms with E-state index in [1.807, 2.05) is 18.2 Å². The molecule has 0 N–H and O–H groups in total. The molecule has 1 aliphatic rings. The fourth-order valence-corrected chi connectivity index (χ4v) is 9.66. The maximum absolute atomic E-state index is 4.88. The number of hydrogen-bond acceptors (Lipinski definition) is 2. The van der Waals surface area contributed by atoms with Crippen molar-refractivity contribution in [1.29, 1.82) is 0 Å². The van der Waals surface area contributed by atoms with Crippen molar-refractivity contribution in [3.05, 3.63) is 70.7 Å². The molecule has 1 nitrogen and oxygen atoms in total. The van der Waals surface area contributed by atoms with Crippen LogP contribution in [0.3, 0.4) is 0 Å². The molecule has 0 radical (unpaired) electrons. The first-order valence-corrected chi connectivity index (χ1v) is 17.4. The van der Waals surface area contributed by atoms with E-state index in [0.717, 1.165) is 15.9 Å². The van der Waals surface area contributed by atoms with Gasteiger partial charge in [0.05, 0.1) is 0 Å². The first-order chi connectivity index (χ1) is 10.1. The van der Waals surface area contributed by atoms with E-state index in [4.69, 9.17) is 4.99 Å². The molecule has 0 aliphatic carbocycles. The SMILES string of the molecule is CSc1ccc(C2=NC(c3ccccc3)=C[Se]2(Br)Br)cc1. The van der Waals surface area contributed by atoms with E-state index in [2.05, 4.69) is 75.8 Å². The van der Waals surface area contributed by atoms with E-state index in [9.17, 15) is 0 Å². The Labute approximate surface area is 145 Å². The van der Waals surface area contributed by atoms with Crippen molar-refractivity contribution in [2.24, 2.45) is 4.99 Å². The van der Waals surface area contributed by atoms with Gasteiger partial charge in [0.1, 0.15) is 0 Å². The van der Waals surface area contributed by atoms with Crippen molar-refractivity contribution in [2.45, 2.75) is 4.90 Å². The van der Waals surface area contributed by atoms with Gasteiger partial charge in [-0.1, -0.05) is 0 Å². The van der Waals surface area contributed by atoms with Crippen LogP contribution >= 0.6 is 40.0 Å². The van der Waals surface area contributed by atoms with Crippen LogP contribution in [-0.2, 0) is 0 Å². The summed E-state index contributed by atoms with van der Waals surface area (Å²) >= 11 is 9.51. The number of rotatable bonds is 3. The molecule has 0 amide bonds. The Balaban J connectivity index is 1.99. The van der Waals surface area contributed by atoms with E-state index < -0.39 is 9.23 Å². The van der Waals surface area contributed by atoms with E-state index in [1.54, 1.807) is 11.8 Å².